The van der Waals surface area contributed by atoms with E-state index in [4.69, 9.17) is 9.47 Å². The lowest BCUT2D eigenvalue weighted by Gasteiger charge is -2.33. The molecule has 0 spiro atoms. The number of carbonyl (C=O) groups is 1. The zero-order chi connectivity index (χ0) is 15.4. The first-order valence-corrected chi connectivity index (χ1v) is 7.75. The van der Waals surface area contributed by atoms with Gasteiger partial charge >= 0.3 is 5.97 Å². The quantitative estimate of drug-likeness (QED) is 0.760. The number of para-hydroxylation sites is 1. The first-order chi connectivity index (χ1) is 10.8. The van der Waals surface area contributed by atoms with Crippen LogP contribution in [0.5, 0.6) is 11.5 Å². The van der Waals surface area contributed by atoms with Gasteiger partial charge in [0.2, 0.25) is 0 Å². The Labute approximate surface area is 130 Å². The first kappa shape index (κ1) is 14.6. The summed E-state index contributed by atoms with van der Waals surface area (Å²) in [5, 5.41) is 0. The molecule has 1 aliphatic carbocycles. The van der Waals surface area contributed by atoms with Crippen LogP contribution in [0.4, 0.5) is 0 Å². The molecule has 3 rings (SSSR count). The number of rotatable bonds is 5. The van der Waals surface area contributed by atoms with Crippen LogP contribution in [-0.2, 0) is 9.53 Å². The molecule has 0 amide bonds. The fraction of sp³-hybridized carbons (Fsp3) is 0.316. The molecular formula is C19H20O3. The van der Waals surface area contributed by atoms with Gasteiger partial charge in [0.05, 0.1) is 12.5 Å². The summed E-state index contributed by atoms with van der Waals surface area (Å²) < 4.78 is 10.9. The summed E-state index contributed by atoms with van der Waals surface area (Å²) >= 11 is 0. The third-order valence-electron chi connectivity index (χ3n) is 4.07. The van der Waals surface area contributed by atoms with E-state index in [1.165, 1.54) is 5.56 Å². The smallest absolute Gasteiger partial charge is 0.308 e. The van der Waals surface area contributed by atoms with Crippen molar-refractivity contribution >= 4 is 5.97 Å². The Balaban J connectivity index is 1.62. The second kappa shape index (κ2) is 6.65. The molecule has 0 aliphatic heterocycles. The summed E-state index contributed by atoms with van der Waals surface area (Å²) in [6.07, 6.45) is 1.74. The molecule has 3 heteroatoms. The fourth-order valence-electron chi connectivity index (χ4n) is 2.80. The normalized spacial score (nSPS) is 20.0. The van der Waals surface area contributed by atoms with E-state index in [2.05, 4.69) is 12.1 Å². The van der Waals surface area contributed by atoms with E-state index in [-0.39, 0.29) is 11.9 Å². The molecule has 3 nitrogen and oxygen atoms in total. The Morgan fingerprint density at radius 2 is 1.77 bits per heavy atom. The van der Waals surface area contributed by atoms with Crippen molar-refractivity contribution in [1.82, 2.24) is 0 Å². The van der Waals surface area contributed by atoms with Crippen LogP contribution in [0.1, 0.15) is 31.2 Å². The van der Waals surface area contributed by atoms with Crippen molar-refractivity contribution in [2.45, 2.75) is 25.7 Å². The Hall–Kier alpha value is -2.29. The molecule has 0 unspecified atom stereocenters. The summed E-state index contributed by atoms with van der Waals surface area (Å²) in [5.41, 5.74) is 1.23. The minimum atomic E-state index is -0.0598. The molecule has 1 aliphatic rings. The van der Waals surface area contributed by atoms with E-state index in [1.807, 2.05) is 49.4 Å². The average molecular weight is 296 g/mol. The van der Waals surface area contributed by atoms with E-state index < -0.39 is 0 Å². The van der Waals surface area contributed by atoms with Crippen molar-refractivity contribution in [2.24, 2.45) is 5.92 Å². The lowest BCUT2D eigenvalue weighted by molar-refractivity contribution is -0.151. The minimum Gasteiger partial charge on any atom is -0.466 e. The molecule has 22 heavy (non-hydrogen) atoms. The second-order valence-electron chi connectivity index (χ2n) is 5.60. The number of esters is 1. The van der Waals surface area contributed by atoms with Gasteiger partial charge in [-0.15, -0.1) is 0 Å². The van der Waals surface area contributed by atoms with Crippen molar-refractivity contribution in [2.75, 3.05) is 6.61 Å². The summed E-state index contributed by atoms with van der Waals surface area (Å²) in [4.78, 5) is 11.7. The van der Waals surface area contributed by atoms with Crippen molar-refractivity contribution < 1.29 is 14.3 Å². The van der Waals surface area contributed by atoms with Gasteiger partial charge in [-0.1, -0.05) is 30.3 Å². The molecule has 0 N–H and O–H groups in total. The highest BCUT2D eigenvalue weighted by Gasteiger charge is 2.36. The molecule has 0 aromatic heterocycles. The van der Waals surface area contributed by atoms with Crippen LogP contribution in [-0.4, -0.2) is 12.6 Å². The third kappa shape index (κ3) is 3.30. The van der Waals surface area contributed by atoms with E-state index in [1.54, 1.807) is 0 Å². The molecule has 0 heterocycles. The lowest BCUT2D eigenvalue weighted by Crippen LogP contribution is -2.30. The maximum Gasteiger partial charge on any atom is 0.308 e. The van der Waals surface area contributed by atoms with Crippen LogP contribution in [0, 0.1) is 5.92 Å². The van der Waals surface area contributed by atoms with Crippen molar-refractivity contribution in [3.63, 3.8) is 0 Å². The van der Waals surface area contributed by atoms with E-state index in [9.17, 15) is 4.79 Å². The third-order valence-corrected chi connectivity index (χ3v) is 4.07. The molecule has 0 bridgehead atoms. The largest absolute Gasteiger partial charge is 0.466 e. The van der Waals surface area contributed by atoms with Gasteiger partial charge < -0.3 is 9.47 Å². The lowest BCUT2D eigenvalue weighted by atomic mass is 9.71. The standard InChI is InChI=1S/C19H20O3/c1-2-21-19(20)16-11-15(12-16)14-7-6-10-18(13-14)22-17-8-4-3-5-9-17/h3-10,13,15-16H,2,11-12H2,1H3. The molecule has 0 saturated heterocycles. The van der Waals surface area contributed by atoms with Gasteiger partial charge in [-0.25, -0.2) is 0 Å². The molecule has 114 valence electrons. The molecule has 2 aromatic carbocycles. The van der Waals surface area contributed by atoms with Crippen LogP contribution >= 0.6 is 0 Å². The number of benzene rings is 2. The van der Waals surface area contributed by atoms with E-state index in [0.717, 1.165) is 24.3 Å². The SMILES string of the molecule is CCOC(=O)C1CC(c2cccc(Oc3ccccc3)c2)C1. The molecule has 1 saturated carbocycles. The Morgan fingerprint density at radius 3 is 2.50 bits per heavy atom. The minimum absolute atomic E-state index is 0.0589. The van der Waals surface area contributed by atoms with Crippen LogP contribution in [0.25, 0.3) is 0 Å². The monoisotopic (exact) mass is 296 g/mol. The summed E-state index contributed by atoms with van der Waals surface area (Å²) in [5.74, 6) is 2.09. The topological polar surface area (TPSA) is 35.5 Å². The highest BCUT2D eigenvalue weighted by Crippen LogP contribution is 2.43. The molecular weight excluding hydrogens is 276 g/mol. The van der Waals surface area contributed by atoms with Crippen molar-refractivity contribution in [3.8, 4) is 11.5 Å². The zero-order valence-electron chi connectivity index (χ0n) is 12.7. The molecule has 0 radical (unpaired) electrons. The van der Waals surface area contributed by atoms with Crippen molar-refractivity contribution in [1.29, 1.82) is 0 Å². The zero-order valence-corrected chi connectivity index (χ0v) is 12.7. The highest BCUT2D eigenvalue weighted by molar-refractivity contribution is 5.74. The predicted molar refractivity (Wildman–Crippen MR) is 85.1 cm³/mol. The van der Waals surface area contributed by atoms with Crippen LogP contribution < -0.4 is 4.74 Å². The average Bonchev–Trinajstić information content (AvgIpc) is 2.47. The fourth-order valence-corrected chi connectivity index (χ4v) is 2.80. The number of hydrogen-bond acceptors (Lipinski definition) is 3. The summed E-state index contributed by atoms with van der Waals surface area (Å²) in [6.45, 7) is 2.30. The van der Waals surface area contributed by atoms with Gasteiger partial charge in [-0.2, -0.15) is 0 Å². The number of hydrogen-bond donors (Lipinski definition) is 0. The summed E-state index contributed by atoms with van der Waals surface area (Å²) in [6, 6.07) is 17.9. The van der Waals surface area contributed by atoms with Crippen molar-refractivity contribution in [3.05, 3.63) is 60.2 Å². The van der Waals surface area contributed by atoms with Crippen LogP contribution in [0.15, 0.2) is 54.6 Å². The second-order valence-corrected chi connectivity index (χ2v) is 5.60. The maximum atomic E-state index is 11.7. The Bertz CT molecular complexity index is 630. The van der Waals surface area contributed by atoms with Gasteiger partial charge in [-0.3, -0.25) is 4.79 Å². The Morgan fingerprint density at radius 1 is 1.05 bits per heavy atom. The van der Waals surface area contributed by atoms with Gasteiger partial charge in [0.25, 0.3) is 0 Å². The first-order valence-electron chi connectivity index (χ1n) is 7.75. The predicted octanol–water partition coefficient (Wildman–Crippen LogP) is 4.54. The molecule has 0 atom stereocenters. The maximum absolute atomic E-state index is 11.7. The van der Waals surface area contributed by atoms with Gasteiger partial charge in [0.1, 0.15) is 11.5 Å². The summed E-state index contributed by atoms with van der Waals surface area (Å²) in [7, 11) is 0. The molecule has 1 fully saturated rings. The van der Waals surface area contributed by atoms with Gasteiger partial charge in [-0.05, 0) is 55.5 Å². The van der Waals surface area contributed by atoms with Gasteiger partial charge in [0.15, 0.2) is 0 Å². The van der Waals surface area contributed by atoms with Crippen LogP contribution in [0.3, 0.4) is 0 Å². The Kier molecular flexibility index (Phi) is 4.42. The van der Waals surface area contributed by atoms with Gasteiger partial charge in [0, 0.05) is 0 Å². The van der Waals surface area contributed by atoms with E-state index >= 15 is 0 Å². The van der Waals surface area contributed by atoms with Crippen LogP contribution in [0.2, 0.25) is 0 Å². The number of carbonyl (C=O) groups excluding carboxylic acids is 1. The van der Waals surface area contributed by atoms with E-state index in [0.29, 0.717) is 12.5 Å². The molecule has 2 aromatic rings. The number of ether oxygens (including phenoxy) is 2. The highest BCUT2D eigenvalue weighted by atomic mass is 16.5.